The van der Waals surface area contributed by atoms with Gasteiger partial charge in [0.2, 0.25) is 0 Å². The van der Waals surface area contributed by atoms with Crippen LogP contribution in [0.3, 0.4) is 0 Å². The lowest BCUT2D eigenvalue weighted by molar-refractivity contribution is 0.128. The van der Waals surface area contributed by atoms with Crippen molar-refractivity contribution in [2.45, 2.75) is 20.0 Å². The van der Waals surface area contributed by atoms with Gasteiger partial charge in [-0.15, -0.1) is 0 Å². The molecule has 0 aliphatic carbocycles. The molecule has 6 heteroatoms. The number of rotatable bonds is 7. The van der Waals surface area contributed by atoms with E-state index in [9.17, 15) is 4.39 Å². The quantitative estimate of drug-likeness (QED) is 0.819. The molecule has 2 aromatic rings. The summed E-state index contributed by atoms with van der Waals surface area (Å²) in [4.78, 5) is 8.40. The number of aromatic nitrogens is 2. The van der Waals surface area contributed by atoms with Crippen molar-refractivity contribution in [1.29, 1.82) is 0 Å². The normalized spacial score (nSPS) is 10.6. The van der Waals surface area contributed by atoms with E-state index in [1.807, 2.05) is 13.0 Å². The number of hydrogen-bond donors (Lipinski definition) is 2. The van der Waals surface area contributed by atoms with Crippen LogP contribution in [0.4, 0.5) is 16.0 Å². The van der Waals surface area contributed by atoms with E-state index in [0.29, 0.717) is 49.2 Å². The number of ether oxygens (including phenoxy) is 1. The van der Waals surface area contributed by atoms with Gasteiger partial charge >= 0.3 is 0 Å². The van der Waals surface area contributed by atoms with Crippen LogP contribution in [0.25, 0.3) is 0 Å². The number of nitrogens with zero attached hydrogens (tertiary/aromatic N) is 2. The summed E-state index contributed by atoms with van der Waals surface area (Å²) in [6, 6.07) is 8.37. The van der Waals surface area contributed by atoms with Gasteiger partial charge in [-0.2, -0.15) is 0 Å². The van der Waals surface area contributed by atoms with Gasteiger partial charge in [-0.25, -0.2) is 14.4 Å². The van der Waals surface area contributed by atoms with Crippen molar-refractivity contribution in [1.82, 2.24) is 9.97 Å². The van der Waals surface area contributed by atoms with Crippen molar-refractivity contribution in [3.05, 3.63) is 47.5 Å². The fourth-order valence-corrected chi connectivity index (χ4v) is 1.89. The summed E-state index contributed by atoms with van der Waals surface area (Å²) in [6.45, 7) is 3.38. The van der Waals surface area contributed by atoms with Crippen LogP contribution in [-0.2, 0) is 17.8 Å². The molecular formula is C15H19FN4O. The molecule has 0 aliphatic heterocycles. The van der Waals surface area contributed by atoms with Crippen molar-refractivity contribution < 1.29 is 9.13 Å². The lowest BCUT2D eigenvalue weighted by atomic mass is 10.1. The maximum Gasteiger partial charge on any atom is 0.158 e. The monoisotopic (exact) mass is 290 g/mol. The molecule has 0 spiro atoms. The number of benzene rings is 1. The van der Waals surface area contributed by atoms with Gasteiger partial charge in [0.15, 0.2) is 5.82 Å². The molecule has 3 N–H and O–H groups in total. The molecule has 0 aliphatic rings. The van der Waals surface area contributed by atoms with Gasteiger partial charge in [-0.1, -0.05) is 18.2 Å². The molecule has 0 saturated heterocycles. The van der Waals surface area contributed by atoms with Crippen LogP contribution in [0, 0.1) is 5.82 Å². The van der Waals surface area contributed by atoms with Crippen molar-refractivity contribution >= 4 is 11.6 Å². The van der Waals surface area contributed by atoms with Crippen LogP contribution in [0.1, 0.15) is 18.3 Å². The first-order chi connectivity index (χ1) is 10.2. The highest BCUT2D eigenvalue weighted by molar-refractivity contribution is 5.44. The van der Waals surface area contributed by atoms with E-state index in [0.717, 1.165) is 0 Å². The standard InChI is InChI=1S/C15H19FN4O/c1-2-21-10-15-19-13(17)9-14(20-15)18-8-7-11-5-3-4-6-12(11)16/h3-6,9H,2,7-8,10H2,1H3,(H3,17,18,19,20). The van der Waals surface area contributed by atoms with Crippen molar-refractivity contribution in [3.8, 4) is 0 Å². The van der Waals surface area contributed by atoms with E-state index in [1.54, 1.807) is 18.2 Å². The molecule has 21 heavy (non-hydrogen) atoms. The molecule has 0 fully saturated rings. The lowest BCUT2D eigenvalue weighted by Crippen LogP contribution is -2.10. The minimum Gasteiger partial charge on any atom is -0.384 e. The van der Waals surface area contributed by atoms with E-state index in [1.165, 1.54) is 6.07 Å². The number of hydrogen-bond acceptors (Lipinski definition) is 5. The van der Waals surface area contributed by atoms with Crippen molar-refractivity contribution in [2.75, 3.05) is 24.2 Å². The van der Waals surface area contributed by atoms with Gasteiger partial charge in [-0.3, -0.25) is 0 Å². The second-order valence-electron chi connectivity index (χ2n) is 4.50. The highest BCUT2D eigenvalue weighted by Crippen LogP contribution is 2.11. The predicted molar refractivity (Wildman–Crippen MR) is 80.4 cm³/mol. The Morgan fingerprint density at radius 3 is 2.86 bits per heavy atom. The third-order valence-corrected chi connectivity index (χ3v) is 2.89. The van der Waals surface area contributed by atoms with Gasteiger partial charge < -0.3 is 15.8 Å². The summed E-state index contributed by atoms with van der Waals surface area (Å²) in [7, 11) is 0. The van der Waals surface area contributed by atoms with Crippen LogP contribution in [0.15, 0.2) is 30.3 Å². The molecule has 1 aromatic heterocycles. The Hall–Kier alpha value is -2.21. The molecule has 0 unspecified atom stereocenters. The molecule has 0 amide bonds. The Labute approximate surface area is 123 Å². The number of halogens is 1. The molecule has 0 saturated carbocycles. The largest absolute Gasteiger partial charge is 0.384 e. The molecular weight excluding hydrogens is 271 g/mol. The van der Waals surface area contributed by atoms with Crippen molar-refractivity contribution in [2.24, 2.45) is 0 Å². The molecule has 5 nitrogen and oxygen atoms in total. The molecule has 1 heterocycles. The van der Waals surface area contributed by atoms with E-state index in [-0.39, 0.29) is 5.82 Å². The van der Waals surface area contributed by atoms with E-state index in [2.05, 4.69) is 15.3 Å². The first-order valence-electron chi connectivity index (χ1n) is 6.87. The van der Waals surface area contributed by atoms with Gasteiger partial charge in [0.1, 0.15) is 24.1 Å². The number of nitrogens with two attached hydrogens (primary N) is 1. The van der Waals surface area contributed by atoms with Gasteiger partial charge in [0.25, 0.3) is 0 Å². The molecule has 112 valence electrons. The molecule has 0 atom stereocenters. The minimum atomic E-state index is -0.196. The summed E-state index contributed by atoms with van der Waals surface area (Å²) in [6.07, 6.45) is 0.567. The zero-order valence-electron chi connectivity index (χ0n) is 12.0. The van der Waals surface area contributed by atoms with E-state index in [4.69, 9.17) is 10.5 Å². The third kappa shape index (κ3) is 4.68. The molecule has 1 aromatic carbocycles. The van der Waals surface area contributed by atoms with E-state index < -0.39 is 0 Å². The first-order valence-corrected chi connectivity index (χ1v) is 6.87. The Kier molecular flexibility index (Phi) is 5.45. The number of nitrogens with one attached hydrogen (secondary N) is 1. The summed E-state index contributed by atoms with van der Waals surface area (Å²) in [5.41, 5.74) is 6.40. The Balaban J connectivity index is 1.93. The zero-order valence-corrected chi connectivity index (χ0v) is 12.0. The molecule has 0 radical (unpaired) electrons. The number of nitrogen functional groups attached to an aromatic ring is 1. The fourth-order valence-electron chi connectivity index (χ4n) is 1.89. The summed E-state index contributed by atoms with van der Waals surface area (Å²) < 4.78 is 18.8. The molecule has 0 bridgehead atoms. The highest BCUT2D eigenvalue weighted by Gasteiger charge is 2.04. The average molecular weight is 290 g/mol. The average Bonchev–Trinajstić information content (AvgIpc) is 2.47. The highest BCUT2D eigenvalue weighted by atomic mass is 19.1. The third-order valence-electron chi connectivity index (χ3n) is 2.89. The van der Waals surface area contributed by atoms with Crippen LogP contribution >= 0.6 is 0 Å². The summed E-state index contributed by atoms with van der Waals surface area (Å²) in [5, 5.41) is 3.12. The van der Waals surface area contributed by atoms with Crippen LogP contribution in [-0.4, -0.2) is 23.1 Å². The molecule has 2 rings (SSSR count). The van der Waals surface area contributed by atoms with Crippen molar-refractivity contribution in [3.63, 3.8) is 0 Å². The summed E-state index contributed by atoms with van der Waals surface area (Å²) in [5.74, 6) is 1.34. The van der Waals surface area contributed by atoms with E-state index >= 15 is 0 Å². The fraction of sp³-hybridized carbons (Fsp3) is 0.333. The maximum atomic E-state index is 13.5. The predicted octanol–water partition coefficient (Wildman–Crippen LogP) is 2.39. The van der Waals surface area contributed by atoms with Crippen LogP contribution in [0.2, 0.25) is 0 Å². The van der Waals surface area contributed by atoms with Crippen LogP contribution in [0.5, 0.6) is 0 Å². The van der Waals surface area contributed by atoms with Gasteiger partial charge in [0.05, 0.1) is 0 Å². The second kappa shape index (κ2) is 7.54. The lowest BCUT2D eigenvalue weighted by Gasteiger charge is -2.09. The Bertz CT molecular complexity index is 592. The number of anilines is 2. The summed E-state index contributed by atoms with van der Waals surface area (Å²) >= 11 is 0. The van der Waals surface area contributed by atoms with Gasteiger partial charge in [-0.05, 0) is 25.0 Å². The Morgan fingerprint density at radius 2 is 2.10 bits per heavy atom. The Morgan fingerprint density at radius 1 is 1.29 bits per heavy atom. The SMILES string of the molecule is CCOCc1nc(N)cc(NCCc2ccccc2F)n1. The first kappa shape index (κ1) is 15.2. The van der Waals surface area contributed by atoms with Gasteiger partial charge in [0, 0.05) is 19.2 Å². The minimum absolute atomic E-state index is 0.196. The topological polar surface area (TPSA) is 73.1 Å². The second-order valence-corrected chi connectivity index (χ2v) is 4.50. The van der Waals surface area contributed by atoms with Crippen LogP contribution < -0.4 is 11.1 Å². The maximum absolute atomic E-state index is 13.5. The zero-order chi connectivity index (χ0) is 15.1. The smallest absolute Gasteiger partial charge is 0.158 e.